The number of phenols is 1. The van der Waals surface area contributed by atoms with Crippen molar-refractivity contribution in [2.24, 2.45) is 10.2 Å². The molecule has 1 saturated heterocycles. The summed E-state index contributed by atoms with van der Waals surface area (Å²) in [5.74, 6) is -0.498. The second-order valence-electron chi connectivity index (χ2n) is 6.79. The number of hydrogen-bond donors (Lipinski definition) is 1. The maximum Gasteiger partial charge on any atom is 0.293 e. The van der Waals surface area contributed by atoms with Crippen molar-refractivity contribution in [2.45, 2.75) is 6.54 Å². The summed E-state index contributed by atoms with van der Waals surface area (Å²) >= 11 is 12.7. The van der Waals surface area contributed by atoms with Gasteiger partial charge in [0.25, 0.3) is 11.1 Å². The van der Waals surface area contributed by atoms with Gasteiger partial charge in [0.2, 0.25) is 0 Å². The van der Waals surface area contributed by atoms with Crippen molar-refractivity contribution < 1.29 is 14.7 Å². The van der Waals surface area contributed by atoms with Crippen LogP contribution in [0.4, 0.5) is 16.2 Å². The predicted molar refractivity (Wildman–Crippen MR) is 127 cm³/mol. The van der Waals surface area contributed by atoms with Crippen LogP contribution in [0.25, 0.3) is 6.08 Å². The average Bonchev–Trinajstić information content (AvgIpc) is 3.05. The molecule has 0 unspecified atom stereocenters. The molecule has 1 fully saturated rings. The molecule has 1 heterocycles. The molecule has 0 aliphatic carbocycles. The van der Waals surface area contributed by atoms with E-state index in [0.717, 1.165) is 16.7 Å². The number of nitrogens with zero attached hydrogens (tertiary/aromatic N) is 3. The van der Waals surface area contributed by atoms with Gasteiger partial charge in [-0.2, -0.15) is 10.2 Å². The van der Waals surface area contributed by atoms with Crippen molar-refractivity contribution in [1.29, 1.82) is 0 Å². The molecule has 0 aromatic heterocycles. The maximum absolute atomic E-state index is 12.8. The lowest BCUT2D eigenvalue weighted by Gasteiger charge is -2.13. The van der Waals surface area contributed by atoms with Crippen LogP contribution in [0.15, 0.2) is 81.9 Å². The molecular weight excluding hydrogens is 469 g/mol. The van der Waals surface area contributed by atoms with E-state index >= 15 is 0 Å². The first-order chi connectivity index (χ1) is 15.4. The molecule has 0 bridgehead atoms. The topological polar surface area (TPSA) is 82.3 Å². The van der Waals surface area contributed by atoms with E-state index in [2.05, 4.69) is 10.2 Å². The zero-order valence-electron chi connectivity index (χ0n) is 16.4. The highest BCUT2D eigenvalue weighted by atomic mass is 35.5. The maximum atomic E-state index is 12.8. The number of imide groups is 1. The van der Waals surface area contributed by atoms with Crippen molar-refractivity contribution in [3.8, 4) is 5.75 Å². The standard InChI is InChI=1S/C23H15Cl2N3O3S/c24-18-8-6-14(10-19(18)25)13-28-22(30)21(32-23(28)31)12-15-11-17(7-9-20(15)29)27-26-16-4-2-1-3-5-16/h1-12,29H,13H2/b21-12-,27-26?. The number of benzene rings is 3. The number of amides is 2. The Balaban J connectivity index is 1.55. The second-order valence-corrected chi connectivity index (χ2v) is 8.60. The van der Waals surface area contributed by atoms with E-state index in [4.69, 9.17) is 23.2 Å². The van der Waals surface area contributed by atoms with Crippen LogP contribution in [0.3, 0.4) is 0 Å². The summed E-state index contributed by atoms with van der Waals surface area (Å²) in [6.07, 6.45) is 1.47. The molecule has 32 heavy (non-hydrogen) atoms. The summed E-state index contributed by atoms with van der Waals surface area (Å²) in [5, 5.41) is 18.9. The highest BCUT2D eigenvalue weighted by Gasteiger charge is 2.35. The SMILES string of the molecule is O=C1S/C(=C\c2cc(N=Nc3ccccc3)ccc2O)C(=O)N1Cc1ccc(Cl)c(Cl)c1. The molecule has 0 saturated carbocycles. The van der Waals surface area contributed by atoms with Crippen LogP contribution in [0.5, 0.6) is 5.75 Å². The fraction of sp³-hybridized carbons (Fsp3) is 0.0435. The Bertz CT molecular complexity index is 1260. The van der Waals surface area contributed by atoms with Gasteiger partial charge in [-0.25, -0.2) is 0 Å². The van der Waals surface area contributed by atoms with Gasteiger partial charge in [-0.15, -0.1) is 0 Å². The molecule has 1 aliphatic heterocycles. The predicted octanol–water partition coefficient (Wildman–Crippen LogP) is 7.35. The number of carbonyl (C=O) groups excluding carboxylic acids is 2. The molecule has 160 valence electrons. The summed E-state index contributed by atoms with van der Waals surface area (Å²) < 4.78 is 0. The molecule has 0 atom stereocenters. The Morgan fingerprint density at radius 2 is 1.66 bits per heavy atom. The Hall–Kier alpha value is -3.13. The van der Waals surface area contributed by atoms with Gasteiger partial charge in [-0.3, -0.25) is 14.5 Å². The largest absolute Gasteiger partial charge is 0.507 e. The van der Waals surface area contributed by atoms with Crippen molar-refractivity contribution in [2.75, 3.05) is 0 Å². The van der Waals surface area contributed by atoms with Gasteiger partial charge in [0.1, 0.15) is 5.75 Å². The molecule has 2 amide bonds. The van der Waals surface area contributed by atoms with Gasteiger partial charge in [0, 0.05) is 5.56 Å². The third kappa shape index (κ3) is 5.02. The normalized spacial score (nSPS) is 15.3. The van der Waals surface area contributed by atoms with E-state index < -0.39 is 11.1 Å². The van der Waals surface area contributed by atoms with Gasteiger partial charge >= 0.3 is 0 Å². The number of aromatic hydroxyl groups is 1. The minimum absolute atomic E-state index is 0.0417. The quantitative estimate of drug-likeness (QED) is 0.303. The number of carbonyl (C=O) groups is 2. The minimum Gasteiger partial charge on any atom is -0.507 e. The van der Waals surface area contributed by atoms with E-state index in [1.807, 2.05) is 30.3 Å². The molecule has 1 aliphatic rings. The van der Waals surface area contributed by atoms with E-state index in [1.54, 1.807) is 30.3 Å². The zero-order chi connectivity index (χ0) is 22.7. The first kappa shape index (κ1) is 22.1. The van der Waals surface area contributed by atoms with Crippen molar-refractivity contribution >= 4 is 63.6 Å². The summed E-state index contributed by atoms with van der Waals surface area (Å²) in [5.41, 5.74) is 2.21. The van der Waals surface area contributed by atoms with Crippen LogP contribution in [0.1, 0.15) is 11.1 Å². The van der Waals surface area contributed by atoms with Crippen LogP contribution in [0, 0.1) is 0 Å². The molecule has 0 spiro atoms. The zero-order valence-corrected chi connectivity index (χ0v) is 18.7. The number of azo groups is 1. The molecule has 1 N–H and O–H groups in total. The second kappa shape index (κ2) is 9.56. The number of thioether (sulfide) groups is 1. The van der Waals surface area contributed by atoms with Gasteiger partial charge in [-0.05, 0) is 65.9 Å². The van der Waals surface area contributed by atoms with Gasteiger partial charge in [-0.1, -0.05) is 47.5 Å². The average molecular weight is 484 g/mol. The fourth-order valence-electron chi connectivity index (χ4n) is 2.93. The number of rotatable bonds is 5. The smallest absolute Gasteiger partial charge is 0.293 e. The van der Waals surface area contributed by atoms with Gasteiger partial charge in [0.15, 0.2) is 0 Å². The molecule has 3 aromatic carbocycles. The molecule has 4 rings (SSSR count). The Morgan fingerprint density at radius 3 is 2.41 bits per heavy atom. The summed E-state index contributed by atoms with van der Waals surface area (Å²) in [4.78, 5) is 26.6. The first-order valence-corrected chi connectivity index (χ1v) is 11.0. The van der Waals surface area contributed by atoms with Crippen LogP contribution >= 0.6 is 35.0 Å². The van der Waals surface area contributed by atoms with E-state index in [0.29, 0.717) is 32.5 Å². The number of hydrogen-bond acceptors (Lipinski definition) is 6. The molecule has 6 nitrogen and oxygen atoms in total. The summed E-state index contributed by atoms with van der Waals surface area (Å²) in [6.45, 7) is 0.0657. The third-order valence-corrected chi connectivity index (χ3v) is 6.18. The highest BCUT2D eigenvalue weighted by Crippen LogP contribution is 2.36. The number of halogens is 2. The van der Waals surface area contributed by atoms with Crippen LogP contribution in [0.2, 0.25) is 10.0 Å². The highest BCUT2D eigenvalue weighted by molar-refractivity contribution is 8.18. The molecule has 9 heteroatoms. The molecular formula is C23H15Cl2N3O3S. The van der Waals surface area contributed by atoms with Crippen LogP contribution in [-0.4, -0.2) is 21.2 Å². The van der Waals surface area contributed by atoms with Crippen LogP contribution in [-0.2, 0) is 11.3 Å². The first-order valence-electron chi connectivity index (χ1n) is 9.40. The summed E-state index contributed by atoms with van der Waals surface area (Å²) in [6, 6.07) is 18.8. The van der Waals surface area contributed by atoms with Gasteiger partial charge < -0.3 is 5.11 Å². The minimum atomic E-state index is -0.457. The van der Waals surface area contributed by atoms with Crippen molar-refractivity contribution in [1.82, 2.24) is 4.90 Å². The van der Waals surface area contributed by atoms with Crippen LogP contribution < -0.4 is 0 Å². The van der Waals surface area contributed by atoms with E-state index in [1.165, 1.54) is 12.1 Å². The monoisotopic (exact) mass is 483 g/mol. The van der Waals surface area contributed by atoms with E-state index in [-0.39, 0.29) is 17.2 Å². The fourth-order valence-corrected chi connectivity index (χ4v) is 4.08. The number of phenolic OH excluding ortho intramolecular Hbond substituents is 1. The van der Waals surface area contributed by atoms with E-state index in [9.17, 15) is 14.7 Å². The lowest BCUT2D eigenvalue weighted by atomic mass is 10.1. The van der Waals surface area contributed by atoms with Gasteiger partial charge in [0.05, 0.1) is 32.9 Å². The molecule has 0 radical (unpaired) electrons. The van der Waals surface area contributed by atoms with Crippen molar-refractivity contribution in [3.05, 3.63) is 92.8 Å². The Kier molecular flexibility index (Phi) is 6.60. The lowest BCUT2D eigenvalue weighted by molar-refractivity contribution is -0.123. The summed E-state index contributed by atoms with van der Waals surface area (Å²) in [7, 11) is 0. The Labute approximate surface area is 198 Å². The third-order valence-electron chi connectivity index (χ3n) is 4.53. The lowest BCUT2D eigenvalue weighted by Crippen LogP contribution is -2.27. The van der Waals surface area contributed by atoms with Crippen molar-refractivity contribution in [3.63, 3.8) is 0 Å². The Morgan fingerprint density at radius 1 is 0.906 bits per heavy atom. The molecule has 3 aromatic rings.